The van der Waals surface area contributed by atoms with Crippen molar-refractivity contribution < 1.29 is 0 Å². The Kier molecular flexibility index (Phi) is 6.39. The largest absolute Gasteiger partial charge is 0.256 e. The van der Waals surface area contributed by atoms with Gasteiger partial charge in [0.1, 0.15) is 5.82 Å². The van der Waals surface area contributed by atoms with Gasteiger partial charge in [-0.15, -0.1) is 10.2 Å². The molecule has 0 spiro atoms. The van der Waals surface area contributed by atoms with E-state index in [0.29, 0.717) is 12.4 Å². The Labute approximate surface area is 188 Å². The van der Waals surface area contributed by atoms with Crippen molar-refractivity contribution in [2.45, 2.75) is 65.3 Å². The van der Waals surface area contributed by atoms with Gasteiger partial charge < -0.3 is 0 Å². The standard InChI is InChI=1S/C24H30N8/c1-5-6-7-12-21-26-23(24(2,3)4)29-32(21)16-17-13-14-20(25-15-17)18-10-8-9-11-19(18)22-27-30-31-28-22/h8-11,13-15H,5-7,12,16H2,1-4H3,(H,27,28,30,31). The number of aromatic amines is 1. The Balaban J connectivity index is 1.58. The van der Waals surface area contributed by atoms with Crippen LogP contribution >= 0.6 is 0 Å². The zero-order valence-electron chi connectivity index (χ0n) is 19.2. The summed E-state index contributed by atoms with van der Waals surface area (Å²) in [6.45, 7) is 9.33. The van der Waals surface area contributed by atoms with E-state index in [-0.39, 0.29) is 5.41 Å². The fourth-order valence-corrected chi connectivity index (χ4v) is 3.56. The molecule has 0 bridgehead atoms. The molecule has 3 aromatic heterocycles. The van der Waals surface area contributed by atoms with E-state index in [4.69, 9.17) is 15.1 Å². The Hall–Kier alpha value is -3.42. The van der Waals surface area contributed by atoms with Crippen LogP contribution in [0.15, 0.2) is 42.6 Å². The number of hydrogen-bond donors (Lipinski definition) is 1. The molecule has 3 heterocycles. The number of hydrogen-bond acceptors (Lipinski definition) is 6. The molecule has 166 valence electrons. The smallest absolute Gasteiger partial charge is 0.205 e. The molecule has 0 fully saturated rings. The minimum atomic E-state index is -0.0776. The van der Waals surface area contributed by atoms with Crippen LogP contribution in [0.2, 0.25) is 0 Å². The molecular weight excluding hydrogens is 400 g/mol. The lowest BCUT2D eigenvalue weighted by atomic mass is 9.96. The van der Waals surface area contributed by atoms with Crippen molar-refractivity contribution in [1.29, 1.82) is 0 Å². The van der Waals surface area contributed by atoms with E-state index in [1.807, 2.05) is 41.2 Å². The van der Waals surface area contributed by atoms with Gasteiger partial charge in [-0.25, -0.2) is 9.67 Å². The van der Waals surface area contributed by atoms with Crippen molar-refractivity contribution in [3.05, 3.63) is 59.8 Å². The number of tetrazole rings is 1. The summed E-state index contributed by atoms with van der Waals surface area (Å²) >= 11 is 0. The minimum Gasteiger partial charge on any atom is -0.256 e. The van der Waals surface area contributed by atoms with Gasteiger partial charge in [-0.1, -0.05) is 70.9 Å². The number of H-pyrrole nitrogens is 1. The van der Waals surface area contributed by atoms with Crippen LogP contribution in [0, 0.1) is 0 Å². The highest BCUT2D eigenvalue weighted by atomic mass is 15.5. The summed E-state index contributed by atoms with van der Waals surface area (Å²) < 4.78 is 2.04. The second-order valence-electron chi connectivity index (χ2n) is 9.05. The third-order valence-corrected chi connectivity index (χ3v) is 5.37. The van der Waals surface area contributed by atoms with E-state index in [0.717, 1.165) is 46.9 Å². The molecule has 0 aliphatic rings. The summed E-state index contributed by atoms with van der Waals surface area (Å²) in [5.74, 6) is 2.50. The van der Waals surface area contributed by atoms with Gasteiger partial charge in [0.25, 0.3) is 0 Å². The fraction of sp³-hybridized carbons (Fsp3) is 0.417. The van der Waals surface area contributed by atoms with Crippen LogP contribution in [0.1, 0.15) is 64.2 Å². The van der Waals surface area contributed by atoms with Gasteiger partial charge in [0.2, 0.25) is 5.82 Å². The van der Waals surface area contributed by atoms with Gasteiger partial charge in [0, 0.05) is 29.2 Å². The molecule has 1 N–H and O–H groups in total. The van der Waals surface area contributed by atoms with E-state index in [1.54, 1.807) is 0 Å². The first-order valence-corrected chi connectivity index (χ1v) is 11.2. The monoisotopic (exact) mass is 430 g/mol. The number of aromatic nitrogens is 8. The molecule has 8 heteroatoms. The molecule has 4 rings (SSSR count). The van der Waals surface area contributed by atoms with Crippen LogP contribution in [0.25, 0.3) is 22.6 Å². The average Bonchev–Trinajstić information content (AvgIpc) is 3.45. The summed E-state index contributed by atoms with van der Waals surface area (Å²) in [7, 11) is 0. The molecule has 0 saturated carbocycles. The Bertz CT molecular complexity index is 1140. The van der Waals surface area contributed by atoms with Crippen molar-refractivity contribution in [2.24, 2.45) is 0 Å². The molecule has 4 aromatic rings. The second kappa shape index (κ2) is 9.38. The van der Waals surface area contributed by atoms with Crippen molar-refractivity contribution in [2.75, 3.05) is 0 Å². The summed E-state index contributed by atoms with van der Waals surface area (Å²) in [4.78, 5) is 9.59. The van der Waals surface area contributed by atoms with E-state index in [1.165, 1.54) is 12.8 Å². The predicted octanol–water partition coefficient (Wildman–Crippen LogP) is 4.60. The molecule has 8 nitrogen and oxygen atoms in total. The fourth-order valence-electron chi connectivity index (χ4n) is 3.56. The number of rotatable bonds is 8. The van der Waals surface area contributed by atoms with E-state index < -0.39 is 0 Å². The van der Waals surface area contributed by atoms with Crippen LogP contribution < -0.4 is 0 Å². The topological polar surface area (TPSA) is 98.1 Å². The highest BCUT2D eigenvalue weighted by Crippen LogP contribution is 2.28. The zero-order chi connectivity index (χ0) is 22.6. The second-order valence-corrected chi connectivity index (χ2v) is 9.05. The molecular formula is C24H30N8. The molecule has 0 aliphatic heterocycles. The van der Waals surface area contributed by atoms with Crippen molar-refractivity contribution in [1.82, 2.24) is 40.4 Å². The SMILES string of the molecule is CCCCCc1nc(C(C)(C)C)nn1Cc1ccc(-c2ccccc2-c2nn[nH]n2)nc1. The maximum atomic E-state index is 4.86. The summed E-state index contributed by atoms with van der Waals surface area (Å²) in [6, 6.07) is 12.1. The van der Waals surface area contributed by atoms with Gasteiger partial charge in [-0.2, -0.15) is 10.3 Å². The molecule has 0 saturated heterocycles. The number of benzene rings is 1. The number of pyridine rings is 1. The normalized spacial score (nSPS) is 11.8. The molecule has 0 amide bonds. The summed E-state index contributed by atoms with van der Waals surface area (Å²) in [5.41, 5.74) is 3.74. The molecule has 0 radical (unpaired) electrons. The van der Waals surface area contributed by atoms with Crippen LogP contribution in [-0.2, 0) is 18.4 Å². The number of aryl methyl sites for hydroxylation is 1. The Morgan fingerprint density at radius 3 is 2.47 bits per heavy atom. The van der Waals surface area contributed by atoms with Gasteiger partial charge in [0.05, 0.1) is 12.2 Å². The lowest BCUT2D eigenvalue weighted by Gasteiger charge is -2.12. The van der Waals surface area contributed by atoms with Crippen LogP contribution in [0.5, 0.6) is 0 Å². The van der Waals surface area contributed by atoms with Gasteiger partial charge >= 0.3 is 0 Å². The highest BCUT2D eigenvalue weighted by molar-refractivity contribution is 5.78. The highest BCUT2D eigenvalue weighted by Gasteiger charge is 2.22. The molecule has 0 unspecified atom stereocenters. The number of unbranched alkanes of at least 4 members (excludes halogenated alkanes) is 2. The predicted molar refractivity (Wildman–Crippen MR) is 124 cm³/mol. The summed E-state index contributed by atoms with van der Waals surface area (Å²) in [6.07, 6.45) is 6.38. The lowest BCUT2D eigenvalue weighted by molar-refractivity contribution is 0.531. The zero-order valence-corrected chi connectivity index (χ0v) is 19.2. The van der Waals surface area contributed by atoms with Crippen LogP contribution in [-0.4, -0.2) is 40.4 Å². The van der Waals surface area contributed by atoms with E-state index >= 15 is 0 Å². The van der Waals surface area contributed by atoms with Gasteiger partial charge in [-0.05, 0) is 23.3 Å². The lowest BCUT2D eigenvalue weighted by Crippen LogP contribution is -2.14. The van der Waals surface area contributed by atoms with Gasteiger partial charge in [-0.3, -0.25) is 4.98 Å². The summed E-state index contributed by atoms with van der Waals surface area (Å²) in [5, 5.41) is 19.3. The van der Waals surface area contributed by atoms with E-state index in [9.17, 15) is 0 Å². The average molecular weight is 431 g/mol. The van der Waals surface area contributed by atoms with Gasteiger partial charge in [0.15, 0.2) is 5.82 Å². The van der Waals surface area contributed by atoms with Crippen LogP contribution in [0.3, 0.4) is 0 Å². The van der Waals surface area contributed by atoms with Crippen molar-refractivity contribution >= 4 is 0 Å². The maximum absolute atomic E-state index is 4.86. The molecule has 0 aliphatic carbocycles. The maximum Gasteiger partial charge on any atom is 0.205 e. The third kappa shape index (κ3) is 4.90. The first kappa shape index (κ1) is 21.8. The van der Waals surface area contributed by atoms with Crippen molar-refractivity contribution in [3.63, 3.8) is 0 Å². The minimum absolute atomic E-state index is 0.0776. The number of nitrogens with zero attached hydrogens (tertiary/aromatic N) is 7. The Morgan fingerprint density at radius 1 is 1.00 bits per heavy atom. The molecule has 1 aromatic carbocycles. The van der Waals surface area contributed by atoms with E-state index in [2.05, 4.69) is 54.4 Å². The Morgan fingerprint density at radius 2 is 1.81 bits per heavy atom. The first-order valence-electron chi connectivity index (χ1n) is 11.2. The van der Waals surface area contributed by atoms with Crippen LogP contribution in [0.4, 0.5) is 0 Å². The third-order valence-electron chi connectivity index (χ3n) is 5.37. The quantitative estimate of drug-likeness (QED) is 0.410. The van der Waals surface area contributed by atoms with Crippen molar-refractivity contribution in [3.8, 4) is 22.6 Å². The first-order chi connectivity index (χ1) is 15.5. The molecule has 0 atom stereocenters. The molecule has 32 heavy (non-hydrogen) atoms. The number of nitrogens with one attached hydrogen (secondary N) is 1.